The summed E-state index contributed by atoms with van der Waals surface area (Å²) in [7, 11) is 3.90. The molecule has 1 aromatic carbocycles. The van der Waals surface area contributed by atoms with E-state index in [1.807, 2.05) is 67.2 Å². The molecule has 38 heavy (non-hydrogen) atoms. The third-order valence-corrected chi connectivity index (χ3v) is 7.01. The molecule has 1 saturated heterocycles. The number of carbonyl (C=O) groups excluding carboxylic acids is 2. The molecule has 8 nitrogen and oxygen atoms in total. The van der Waals surface area contributed by atoms with Gasteiger partial charge in [0.15, 0.2) is 0 Å². The van der Waals surface area contributed by atoms with Crippen LogP contribution in [0, 0.1) is 11.3 Å². The number of nitriles is 1. The largest absolute Gasteiger partial charge is 0.352 e. The molecular weight excluding hydrogens is 476 g/mol. The minimum atomic E-state index is -0.178. The van der Waals surface area contributed by atoms with Gasteiger partial charge in [-0.05, 0) is 64.0 Å². The molecule has 0 bridgehead atoms. The van der Waals surface area contributed by atoms with Gasteiger partial charge >= 0.3 is 0 Å². The Balaban J connectivity index is 1.59. The Kier molecular flexibility index (Phi) is 8.80. The average molecular weight is 515 g/mol. The lowest BCUT2D eigenvalue weighted by molar-refractivity contribution is -0.133. The summed E-state index contributed by atoms with van der Waals surface area (Å²) in [4.78, 5) is 36.1. The summed E-state index contributed by atoms with van der Waals surface area (Å²) in [6.07, 6.45) is 6.94. The molecule has 1 atom stereocenters. The van der Waals surface area contributed by atoms with Crippen LogP contribution in [0.3, 0.4) is 0 Å². The van der Waals surface area contributed by atoms with Crippen LogP contribution >= 0.6 is 0 Å². The maximum Gasteiger partial charge on any atom is 0.248 e. The lowest BCUT2D eigenvalue weighted by Crippen LogP contribution is -2.54. The number of carbonyl (C=O) groups is 2. The number of piperazine rings is 1. The Morgan fingerprint density at radius 1 is 1.24 bits per heavy atom. The lowest BCUT2D eigenvalue weighted by atomic mass is 9.98. The predicted molar refractivity (Wildman–Crippen MR) is 151 cm³/mol. The molecule has 2 aliphatic rings. The number of aromatic nitrogens is 1. The number of amides is 2. The first-order chi connectivity index (χ1) is 18.3. The van der Waals surface area contributed by atoms with Gasteiger partial charge in [-0.3, -0.25) is 9.59 Å². The van der Waals surface area contributed by atoms with Gasteiger partial charge in [-0.25, -0.2) is 4.98 Å². The fourth-order valence-corrected chi connectivity index (χ4v) is 4.94. The number of pyridine rings is 1. The molecule has 1 aliphatic heterocycles. The van der Waals surface area contributed by atoms with Crippen molar-refractivity contribution < 1.29 is 9.59 Å². The summed E-state index contributed by atoms with van der Waals surface area (Å²) in [5, 5.41) is 13.0. The molecule has 1 aromatic heterocycles. The molecule has 8 heteroatoms. The van der Waals surface area contributed by atoms with Gasteiger partial charge in [-0.15, -0.1) is 0 Å². The Morgan fingerprint density at radius 2 is 2.03 bits per heavy atom. The third kappa shape index (κ3) is 6.59. The monoisotopic (exact) mass is 514 g/mol. The molecule has 0 unspecified atom stereocenters. The maximum atomic E-state index is 12.5. The van der Waals surface area contributed by atoms with Crippen molar-refractivity contribution in [2.24, 2.45) is 0 Å². The van der Waals surface area contributed by atoms with Gasteiger partial charge in [0.05, 0.1) is 11.3 Å². The fourth-order valence-electron chi connectivity index (χ4n) is 4.94. The van der Waals surface area contributed by atoms with Crippen LogP contribution in [0.25, 0.3) is 11.1 Å². The topological polar surface area (TPSA) is 92.6 Å². The van der Waals surface area contributed by atoms with Crippen molar-refractivity contribution in [2.75, 3.05) is 50.5 Å². The number of rotatable bonds is 9. The highest BCUT2D eigenvalue weighted by molar-refractivity contribution is 5.99. The van der Waals surface area contributed by atoms with E-state index in [2.05, 4.69) is 23.2 Å². The molecule has 0 spiro atoms. The van der Waals surface area contributed by atoms with Crippen LogP contribution in [0.4, 0.5) is 11.5 Å². The van der Waals surface area contributed by atoms with E-state index in [-0.39, 0.29) is 17.9 Å². The van der Waals surface area contributed by atoms with Crippen LogP contribution in [0.1, 0.15) is 56.7 Å². The normalized spacial score (nSPS) is 17.6. The third-order valence-electron chi connectivity index (χ3n) is 7.01. The molecular formula is C30H38N6O2. The first-order valence-electron chi connectivity index (χ1n) is 13.5. The van der Waals surface area contributed by atoms with Gasteiger partial charge in [-0.1, -0.05) is 25.1 Å². The Hall–Kier alpha value is -3.70. The Bertz CT molecular complexity index is 1240. The van der Waals surface area contributed by atoms with Gasteiger partial charge < -0.3 is 20.0 Å². The van der Waals surface area contributed by atoms with Crippen LogP contribution in [0.5, 0.6) is 0 Å². The molecule has 2 heterocycles. The SMILES string of the molecule is CCCC(=O)N1CCN(c2nc(C3CC3)c(-c3cccc(NC(=O)/C=C/CN(C)C)c3)cc2C#N)C[C@H]1C. The van der Waals surface area contributed by atoms with E-state index < -0.39 is 0 Å². The Labute approximate surface area is 225 Å². The second-order valence-electron chi connectivity index (χ2n) is 10.5. The van der Waals surface area contributed by atoms with Crippen LogP contribution in [0.2, 0.25) is 0 Å². The zero-order valence-corrected chi connectivity index (χ0v) is 22.9. The van der Waals surface area contributed by atoms with Crippen molar-refractivity contribution in [3.8, 4) is 17.2 Å². The molecule has 200 valence electrons. The van der Waals surface area contributed by atoms with E-state index in [1.165, 1.54) is 0 Å². The van der Waals surface area contributed by atoms with E-state index in [0.717, 1.165) is 36.1 Å². The van der Waals surface area contributed by atoms with Crippen molar-refractivity contribution >= 4 is 23.3 Å². The van der Waals surface area contributed by atoms with E-state index >= 15 is 0 Å². The lowest BCUT2D eigenvalue weighted by Gasteiger charge is -2.41. The fraction of sp³-hybridized carbons (Fsp3) is 0.467. The van der Waals surface area contributed by atoms with Gasteiger partial charge in [-0.2, -0.15) is 5.26 Å². The maximum absolute atomic E-state index is 12.5. The summed E-state index contributed by atoms with van der Waals surface area (Å²) in [6.45, 7) is 6.73. The summed E-state index contributed by atoms with van der Waals surface area (Å²) in [6, 6.07) is 12.1. The highest BCUT2D eigenvalue weighted by Crippen LogP contribution is 2.45. The number of likely N-dealkylation sites (N-methyl/N-ethyl adjacent to an activating group) is 1. The minimum Gasteiger partial charge on any atom is -0.352 e. The predicted octanol–water partition coefficient (Wildman–Crippen LogP) is 4.39. The number of hydrogen-bond donors (Lipinski definition) is 1. The van der Waals surface area contributed by atoms with Gasteiger partial charge in [0.25, 0.3) is 0 Å². The molecule has 1 aliphatic carbocycles. The van der Waals surface area contributed by atoms with Crippen LogP contribution < -0.4 is 10.2 Å². The van der Waals surface area contributed by atoms with E-state index in [4.69, 9.17) is 4.98 Å². The van der Waals surface area contributed by atoms with Gasteiger partial charge in [0.2, 0.25) is 11.8 Å². The molecule has 2 amide bonds. The number of nitrogens with one attached hydrogen (secondary N) is 1. The molecule has 2 aromatic rings. The molecule has 4 rings (SSSR count). The summed E-state index contributed by atoms with van der Waals surface area (Å²) in [5.74, 6) is 1.10. The van der Waals surface area contributed by atoms with Gasteiger partial charge in [0, 0.05) is 61.9 Å². The first kappa shape index (κ1) is 27.3. The first-order valence-corrected chi connectivity index (χ1v) is 13.5. The van der Waals surface area contributed by atoms with E-state index in [0.29, 0.717) is 55.6 Å². The number of hydrogen-bond acceptors (Lipinski definition) is 6. The second kappa shape index (κ2) is 12.2. The highest BCUT2D eigenvalue weighted by Gasteiger charge is 2.33. The molecule has 0 radical (unpaired) electrons. The number of anilines is 2. The highest BCUT2D eigenvalue weighted by atomic mass is 16.2. The van der Waals surface area contributed by atoms with Crippen molar-refractivity contribution in [1.29, 1.82) is 5.26 Å². The van der Waals surface area contributed by atoms with E-state index in [1.54, 1.807) is 6.08 Å². The standard InChI is InChI=1S/C30H38N6O2/c1-5-8-28(38)36-16-15-35(20-21(36)2)30-24(19-31)18-26(29(33-30)22-12-13-22)23-9-6-10-25(17-23)32-27(37)11-7-14-34(3)4/h6-7,9-11,17-18,21-22H,5,8,12-16,20H2,1-4H3,(H,32,37)/b11-7+/t21-/m1/s1. The summed E-state index contributed by atoms with van der Waals surface area (Å²) < 4.78 is 0. The van der Waals surface area contributed by atoms with Gasteiger partial charge in [0.1, 0.15) is 11.9 Å². The number of nitrogens with zero attached hydrogens (tertiary/aromatic N) is 5. The van der Waals surface area contributed by atoms with Crippen LogP contribution in [-0.2, 0) is 9.59 Å². The molecule has 1 N–H and O–H groups in total. The average Bonchev–Trinajstić information content (AvgIpc) is 3.73. The molecule has 2 fully saturated rings. The smallest absolute Gasteiger partial charge is 0.248 e. The summed E-state index contributed by atoms with van der Waals surface area (Å²) >= 11 is 0. The minimum absolute atomic E-state index is 0.0623. The van der Waals surface area contributed by atoms with Crippen molar-refractivity contribution in [3.05, 3.63) is 53.7 Å². The second-order valence-corrected chi connectivity index (χ2v) is 10.5. The summed E-state index contributed by atoms with van der Waals surface area (Å²) in [5.41, 5.74) is 4.11. The van der Waals surface area contributed by atoms with Crippen molar-refractivity contribution in [2.45, 2.75) is 51.5 Å². The van der Waals surface area contributed by atoms with Crippen LogP contribution in [-0.4, -0.2) is 72.9 Å². The molecule has 1 saturated carbocycles. The van der Waals surface area contributed by atoms with Crippen molar-refractivity contribution in [3.63, 3.8) is 0 Å². The van der Waals surface area contributed by atoms with Crippen LogP contribution in [0.15, 0.2) is 42.5 Å². The Morgan fingerprint density at radius 3 is 2.68 bits per heavy atom. The van der Waals surface area contributed by atoms with E-state index in [9.17, 15) is 14.9 Å². The van der Waals surface area contributed by atoms with Crippen molar-refractivity contribution in [1.82, 2.24) is 14.8 Å². The zero-order valence-electron chi connectivity index (χ0n) is 22.9. The quantitative estimate of drug-likeness (QED) is 0.499. The zero-order chi connectivity index (χ0) is 27.2. The number of benzene rings is 1.